The molecule has 1 aromatic carbocycles. The Morgan fingerprint density at radius 1 is 1.24 bits per heavy atom. The van der Waals surface area contributed by atoms with Crippen LogP contribution in [0, 0.1) is 5.92 Å². The van der Waals surface area contributed by atoms with E-state index in [0.29, 0.717) is 36.7 Å². The fourth-order valence-corrected chi connectivity index (χ4v) is 2.83. The number of methoxy groups -OCH3 is 2. The lowest BCUT2D eigenvalue weighted by atomic mass is 10.0. The largest absolute Gasteiger partial charge is 0.493 e. The van der Waals surface area contributed by atoms with Gasteiger partial charge in [0.25, 0.3) is 5.91 Å². The van der Waals surface area contributed by atoms with Crippen LogP contribution in [0.5, 0.6) is 11.5 Å². The van der Waals surface area contributed by atoms with Crippen LogP contribution in [0.1, 0.15) is 30.1 Å². The zero-order valence-electron chi connectivity index (χ0n) is 15.1. The Labute approximate surface area is 148 Å². The number of nitrogens with one attached hydrogen (secondary N) is 1. The predicted octanol–water partition coefficient (Wildman–Crippen LogP) is 1.02. The van der Waals surface area contributed by atoms with Crippen LogP contribution in [-0.4, -0.2) is 56.6 Å². The van der Waals surface area contributed by atoms with Gasteiger partial charge in [-0.25, -0.2) is 0 Å². The molecule has 1 atom stereocenters. The lowest BCUT2D eigenvalue weighted by Crippen LogP contribution is -2.48. The molecule has 0 aliphatic carbocycles. The second-order valence-electron chi connectivity index (χ2n) is 6.28. The third-order valence-electron chi connectivity index (χ3n) is 4.56. The smallest absolute Gasteiger partial charge is 0.253 e. The van der Waals surface area contributed by atoms with Crippen molar-refractivity contribution in [1.29, 1.82) is 0 Å². The maximum atomic E-state index is 12.7. The van der Waals surface area contributed by atoms with Gasteiger partial charge in [-0.2, -0.15) is 0 Å². The molecule has 1 unspecified atom stereocenters. The number of hydrogen-bond donors (Lipinski definition) is 2. The van der Waals surface area contributed by atoms with Gasteiger partial charge in [0.1, 0.15) is 0 Å². The Bertz CT molecular complexity index is 612. The summed E-state index contributed by atoms with van der Waals surface area (Å²) in [5.41, 5.74) is 6.08. The summed E-state index contributed by atoms with van der Waals surface area (Å²) in [5, 5.41) is 3.01. The van der Waals surface area contributed by atoms with E-state index in [1.54, 1.807) is 37.3 Å². The first kappa shape index (κ1) is 19.1. The Hall–Kier alpha value is -2.28. The summed E-state index contributed by atoms with van der Waals surface area (Å²) in [6.45, 7) is 3.36. The highest BCUT2D eigenvalue weighted by atomic mass is 16.5. The second kappa shape index (κ2) is 8.71. The third-order valence-corrected chi connectivity index (χ3v) is 4.56. The zero-order valence-corrected chi connectivity index (χ0v) is 15.1. The topological polar surface area (TPSA) is 93.9 Å². The van der Waals surface area contributed by atoms with E-state index in [1.165, 1.54) is 0 Å². The first-order valence-electron chi connectivity index (χ1n) is 8.51. The molecule has 25 heavy (non-hydrogen) atoms. The number of hydrogen-bond acceptors (Lipinski definition) is 5. The second-order valence-corrected chi connectivity index (χ2v) is 6.28. The quantitative estimate of drug-likeness (QED) is 0.800. The molecule has 2 amide bonds. The molecule has 7 nitrogen and oxygen atoms in total. The van der Waals surface area contributed by atoms with Gasteiger partial charge in [-0.3, -0.25) is 9.59 Å². The summed E-state index contributed by atoms with van der Waals surface area (Å²) in [6, 6.07) is 5.25. The predicted molar refractivity (Wildman–Crippen MR) is 94.8 cm³/mol. The molecule has 1 aromatic rings. The molecule has 0 aromatic heterocycles. The maximum absolute atomic E-state index is 12.7. The van der Waals surface area contributed by atoms with E-state index < -0.39 is 0 Å². The number of rotatable bonds is 6. The van der Waals surface area contributed by atoms with Gasteiger partial charge in [0, 0.05) is 37.2 Å². The summed E-state index contributed by atoms with van der Waals surface area (Å²) in [6.07, 6.45) is 1.48. The molecule has 1 aliphatic rings. The average molecular weight is 349 g/mol. The zero-order chi connectivity index (χ0) is 18.4. The number of carbonyl (C=O) groups excluding carboxylic acids is 2. The molecule has 0 radical (unpaired) electrons. The Morgan fingerprint density at radius 2 is 1.88 bits per heavy atom. The van der Waals surface area contributed by atoms with Gasteiger partial charge in [0.2, 0.25) is 5.91 Å². The molecular formula is C18H27N3O4. The van der Waals surface area contributed by atoms with Gasteiger partial charge in [-0.05, 0) is 31.0 Å². The molecule has 1 aliphatic heterocycles. The Kier molecular flexibility index (Phi) is 6.64. The molecular weight excluding hydrogens is 322 g/mol. The van der Waals surface area contributed by atoms with Crippen molar-refractivity contribution in [3.8, 4) is 11.5 Å². The van der Waals surface area contributed by atoms with E-state index in [9.17, 15) is 9.59 Å². The lowest BCUT2D eigenvalue weighted by molar-refractivity contribution is -0.125. The van der Waals surface area contributed by atoms with Crippen molar-refractivity contribution in [2.45, 2.75) is 25.8 Å². The van der Waals surface area contributed by atoms with Crippen molar-refractivity contribution in [1.82, 2.24) is 10.2 Å². The van der Waals surface area contributed by atoms with Gasteiger partial charge in [0.05, 0.1) is 14.2 Å². The first-order valence-corrected chi connectivity index (χ1v) is 8.51. The van der Waals surface area contributed by atoms with E-state index in [0.717, 1.165) is 12.8 Å². The van der Waals surface area contributed by atoms with E-state index in [-0.39, 0.29) is 23.8 Å². The minimum atomic E-state index is -0.188. The highest BCUT2D eigenvalue weighted by molar-refractivity contribution is 5.95. The number of nitrogens with zero attached hydrogens (tertiary/aromatic N) is 1. The fourth-order valence-electron chi connectivity index (χ4n) is 2.83. The van der Waals surface area contributed by atoms with E-state index in [4.69, 9.17) is 15.2 Å². The van der Waals surface area contributed by atoms with E-state index in [1.807, 2.05) is 6.92 Å². The van der Waals surface area contributed by atoms with Crippen LogP contribution in [0.4, 0.5) is 0 Å². The highest BCUT2D eigenvalue weighted by Crippen LogP contribution is 2.28. The summed E-state index contributed by atoms with van der Waals surface area (Å²) >= 11 is 0. The highest BCUT2D eigenvalue weighted by Gasteiger charge is 2.26. The lowest BCUT2D eigenvalue weighted by Gasteiger charge is -2.33. The normalized spacial score (nSPS) is 16.2. The molecule has 138 valence electrons. The number of piperidine rings is 1. The standard InChI is InChI=1S/C18H27N3O4/c1-12(11-19)17(22)20-14-6-8-21(9-7-14)18(23)13-4-5-15(24-2)16(10-13)25-3/h4-5,10,12,14H,6-9,11,19H2,1-3H3,(H,20,22). The molecule has 1 fully saturated rings. The number of carbonyl (C=O) groups is 2. The van der Waals surface area contributed by atoms with Crippen molar-refractivity contribution in [2.24, 2.45) is 11.7 Å². The van der Waals surface area contributed by atoms with Crippen molar-refractivity contribution < 1.29 is 19.1 Å². The average Bonchev–Trinajstić information content (AvgIpc) is 2.66. The Balaban J connectivity index is 1.94. The van der Waals surface area contributed by atoms with Gasteiger partial charge in [-0.15, -0.1) is 0 Å². The number of nitrogens with two attached hydrogens (primary N) is 1. The van der Waals surface area contributed by atoms with Crippen LogP contribution in [0.3, 0.4) is 0 Å². The minimum absolute atomic E-state index is 0.0211. The minimum Gasteiger partial charge on any atom is -0.493 e. The van der Waals surface area contributed by atoms with Gasteiger partial charge < -0.3 is 25.4 Å². The van der Waals surface area contributed by atoms with Gasteiger partial charge >= 0.3 is 0 Å². The fraction of sp³-hybridized carbons (Fsp3) is 0.556. The molecule has 0 spiro atoms. The van der Waals surface area contributed by atoms with Crippen LogP contribution < -0.4 is 20.5 Å². The van der Waals surface area contributed by atoms with Crippen molar-refractivity contribution in [2.75, 3.05) is 33.9 Å². The number of amides is 2. The Morgan fingerprint density at radius 3 is 2.44 bits per heavy atom. The molecule has 0 bridgehead atoms. The molecule has 0 saturated carbocycles. The summed E-state index contributed by atoms with van der Waals surface area (Å²) in [4.78, 5) is 26.4. The molecule has 1 heterocycles. The summed E-state index contributed by atoms with van der Waals surface area (Å²) < 4.78 is 10.5. The van der Waals surface area contributed by atoms with Gasteiger partial charge in [0.15, 0.2) is 11.5 Å². The van der Waals surface area contributed by atoms with Crippen molar-refractivity contribution >= 4 is 11.8 Å². The third kappa shape index (κ3) is 4.63. The van der Waals surface area contributed by atoms with Crippen LogP contribution in [0.25, 0.3) is 0 Å². The number of benzene rings is 1. The SMILES string of the molecule is COc1ccc(C(=O)N2CCC(NC(=O)C(C)CN)CC2)cc1OC. The van der Waals surface area contributed by atoms with Crippen molar-refractivity contribution in [3.05, 3.63) is 23.8 Å². The first-order chi connectivity index (χ1) is 12.0. The molecule has 2 rings (SSSR count). The summed E-state index contributed by atoms with van der Waals surface area (Å²) in [7, 11) is 3.10. The number of ether oxygens (including phenoxy) is 2. The number of likely N-dealkylation sites (tertiary alicyclic amines) is 1. The van der Waals surface area contributed by atoms with Crippen LogP contribution in [0.2, 0.25) is 0 Å². The maximum Gasteiger partial charge on any atom is 0.253 e. The van der Waals surface area contributed by atoms with Crippen LogP contribution in [0.15, 0.2) is 18.2 Å². The van der Waals surface area contributed by atoms with E-state index >= 15 is 0 Å². The van der Waals surface area contributed by atoms with Crippen LogP contribution in [-0.2, 0) is 4.79 Å². The van der Waals surface area contributed by atoms with Crippen molar-refractivity contribution in [3.63, 3.8) is 0 Å². The molecule has 3 N–H and O–H groups in total. The summed E-state index contributed by atoms with van der Waals surface area (Å²) in [5.74, 6) is 0.875. The van der Waals surface area contributed by atoms with Gasteiger partial charge in [-0.1, -0.05) is 6.92 Å². The van der Waals surface area contributed by atoms with E-state index in [2.05, 4.69) is 5.32 Å². The van der Waals surface area contributed by atoms with Crippen LogP contribution >= 0.6 is 0 Å². The molecule has 7 heteroatoms. The monoisotopic (exact) mass is 349 g/mol. The molecule has 1 saturated heterocycles.